The predicted molar refractivity (Wildman–Crippen MR) is 99.1 cm³/mol. The van der Waals surface area contributed by atoms with E-state index >= 15 is 0 Å². The average Bonchev–Trinajstić information content (AvgIpc) is 2.54. The summed E-state index contributed by atoms with van der Waals surface area (Å²) in [4.78, 5) is 24.1. The van der Waals surface area contributed by atoms with Crippen molar-refractivity contribution in [2.75, 3.05) is 11.1 Å². The SMILES string of the molecule is CCSc1c(N[C@@H]2C[C@H]3C[C@@H]([C@H]2C)C3(C)C)cnn(CC(=O)O)c1=O. The molecule has 138 valence electrons. The number of aliphatic carboxylic acids is 1. The van der Waals surface area contributed by atoms with Crippen LogP contribution in [0, 0.1) is 23.2 Å². The van der Waals surface area contributed by atoms with Crippen LogP contribution < -0.4 is 10.9 Å². The van der Waals surface area contributed by atoms with Crippen LogP contribution in [0.4, 0.5) is 5.69 Å². The van der Waals surface area contributed by atoms with E-state index in [1.54, 1.807) is 6.20 Å². The minimum Gasteiger partial charge on any atom is -0.480 e. The predicted octanol–water partition coefficient (Wildman–Crippen LogP) is 2.92. The highest BCUT2D eigenvalue weighted by Gasteiger charge is 2.56. The summed E-state index contributed by atoms with van der Waals surface area (Å²) in [6, 6.07) is 0.338. The molecule has 3 aliphatic rings. The number of nitrogens with zero attached hydrogens (tertiary/aromatic N) is 2. The summed E-state index contributed by atoms with van der Waals surface area (Å²) in [5.41, 5.74) is 0.838. The Hall–Kier alpha value is -1.50. The van der Waals surface area contributed by atoms with Crippen LogP contribution in [0.25, 0.3) is 0 Å². The summed E-state index contributed by atoms with van der Waals surface area (Å²) in [6.45, 7) is 8.60. The fourth-order valence-electron chi connectivity index (χ4n) is 4.64. The Morgan fingerprint density at radius 3 is 2.76 bits per heavy atom. The quantitative estimate of drug-likeness (QED) is 0.754. The average molecular weight is 365 g/mol. The summed E-state index contributed by atoms with van der Waals surface area (Å²) in [5.74, 6) is 1.67. The Morgan fingerprint density at radius 1 is 1.48 bits per heavy atom. The maximum atomic E-state index is 12.6. The lowest BCUT2D eigenvalue weighted by Crippen LogP contribution is -2.58. The van der Waals surface area contributed by atoms with Crippen LogP contribution in [-0.2, 0) is 11.3 Å². The van der Waals surface area contributed by atoms with E-state index in [9.17, 15) is 9.59 Å². The summed E-state index contributed by atoms with van der Waals surface area (Å²) >= 11 is 1.44. The van der Waals surface area contributed by atoms with Crippen LogP contribution in [0.2, 0.25) is 0 Å². The molecule has 0 saturated heterocycles. The molecule has 3 fully saturated rings. The first-order valence-electron chi connectivity index (χ1n) is 8.97. The van der Waals surface area contributed by atoms with Gasteiger partial charge in [0.1, 0.15) is 6.54 Å². The number of thioether (sulfide) groups is 1. The largest absolute Gasteiger partial charge is 0.480 e. The number of carbonyl (C=O) groups is 1. The van der Waals surface area contributed by atoms with Crippen LogP contribution in [0.15, 0.2) is 15.9 Å². The lowest BCUT2D eigenvalue weighted by atomic mass is 9.45. The number of anilines is 1. The molecule has 3 aliphatic carbocycles. The van der Waals surface area contributed by atoms with E-state index in [4.69, 9.17) is 5.11 Å². The third kappa shape index (κ3) is 3.18. The third-order valence-corrected chi connectivity index (χ3v) is 7.24. The van der Waals surface area contributed by atoms with Crippen molar-refractivity contribution in [1.82, 2.24) is 9.78 Å². The van der Waals surface area contributed by atoms with Gasteiger partial charge in [-0.3, -0.25) is 9.59 Å². The van der Waals surface area contributed by atoms with Gasteiger partial charge >= 0.3 is 5.97 Å². The van der Waals surface area contributed by atoms with Crippen LogP contribution in [0.3, 0.4) is 0 Å². The van der Waals surface area contributed by atoms with E-state index in [1.807, 2.05) is 6.92 Å². The first-order valence-corrected chi connectivity index (χ1v) is 9.95. The highest BCUT2D eigenvalue weighted by molar-refractivity contribution is 7.99. The number of rotatable bonds is 6. The van der Waals surface area contributed by atoms with E-state index in [0.717, 1.165) is 28.5 Å². The van der Waals surface area contributed by atoms with E-state index < -0.39 is 12.5 Å². The number of carboxylic acids is 1. The Bertz CT molecular complexity index is 731. The number of hydrogen-bond acceptors (Lipinski definition) is 5. The van der Waals surface area contributed by atoms with Gasteiger partial charge < -0.3 is 10.4 Å². The smallest absolute Gasteiger partial charge is 0.325 e. The molecule has 0 radical (unpaired) electrons. The normalized spacial score (nSPS) is 29.8. The van der Waals surface area contributed by atoms with E-state index in [2.05, 4.69) is 31.2 Å². The molecule has 0 amide bonds. The van der Waals surface area contributed by atoms with Crippen molar-refractivity contribution in [2.24, 2.45) is 23.2 Å². The molecule has 0 spiro atoms. The van der Waals surface area contributed by atoms with Gasteiger partial charge in [0.25, 0.3) is 5.56 Å². The summed E-state index contributed by atoms with van der Waals surface area (Å²) in [6.07, 6.45) is 4.03. The molecule has 25 heavy (non-hydrogen) atoms. The summed E-state index contributed by atoms with van der Waals surface area (Å²) in [7, 11) is 0. The van der Waals surface area contributed by atoms with Crippen LogP contribution in [0.1, 0.15) is 40.5 Å². The van der Waals surface area contributed by atoms with Crippen molar-refractivity contribution in [3.63, 3.8) is 0 Å². The third-order valence-electron chi connectivity index (χ3n) is 6.27. The highest BCUT2D eigenvalue weighted by Crippen LogP contribution is 2.61. The minimum atomic E-state index is -1.06. The first-order chi connectivity index (χ1) is 11.8. The molecule has 7 heteroatoms. The second-order valence-electron chi connectivity index (χ2n) is 7.88. The molecule has 3 saturated carbocycles. The first kappa shape index (κ1) is 18.3. The zero-order valence-corrected chi connectivity index (χ0v) is 16.1. The van der Waals surface area contributed by atoms with E-state index in [1.165, 1.54) is 18.2 Å². The minimum absolute atomic E-state index is 0.326. The number of nitrogens with one attached hydrogen (secondary N) is 1. The van der Waals surface area contributed by atoms with Crippen molar-refractivity contribution in [3.8, 4) is 0 Å². The standard InChI is InChI=1S/C18H27N3O3S/c1-5-25-16-14(8-19-21(17(16)24)9-15(22)23)20-13-7-11-6-12(10(13)2)18(11,3)4/h8,10-13,20H,5-7,9H2,1-4H3,(H,22,23)/t10-,11-,12+,13-/m1/s1. The molecule has 4 atom stereocenters. The zero-order chi connectivity index (χ0) is 18.4. The molecule has 0 unspecified atom stereocenters. The van der Waals surface area contributed by atoms with Crippen molar-refractivity contribution < 1.29 is 9.90 Å². The van der Waals surface area contributed by atoms with E-state index in [-0.39, 0.29) is 5.56 Å². The summed E-state index contributed by atoms with van der Waals surface area (Å²) < 4.78 is 1.02. The number of fused-ring (bicyclic) bond motifs is 2. The fourth-order valence-corrected chi connectivity index (χ4v) is 5.42. The highest BCUT2D eigenvalue weighted by atomic mass is 32.2. The number of carboxylic acid groups (broad SMARTS) is 1. The molecule has 1 heterocycles. The van der Waals surface area contributed by atoms with Gasteiger partial charge in [-0.05, 0) is 41.8 Å². The van der Waals surface area contributed by atoms with Crippen molar-refractivity contribution in [1.29, 1.82) is 0 Å². The monoisotopic (exact) mass is 365 g/mol. The lowest BCUT2D eigenvalue weighted by Gasteiger charge is -2.62. The van der Waals surface area contributed by atoms with Gasteiger partial charge in [0, 0.05) is 6.04 Å². The van der Waals surface area contributed by atoms with Gasteiger partial charge in [0.15, 0.2) is 0 Å². The van der Waals surface area contributed by atoms with Crippen molar-refractivity contribution in [3.05, 3.63) is 16.6 Å². The molecule has 6 nitrogen and oxygen atoms in total. The molecular formula is C18H27N3O3S. The number of aromatic nitrogens is 2. The van der Waals surface area contributed by atoms with Crippen molar-refractivity contribution in [2.45, 2.75) is 58.0 Å². The molecular weight excluding hydrogens is 338 g/mol. The zero-order valence-electron chi connectivity index (χ0n) is 15.3. The van der Waals surface area contributed by atoms with Gasteiger partial charge in [-0.1, -0.05) is 27.7 Å². The molecule has 1 aromatic rings. The topological polar surface area (TPSA) is 84.2 Å². The molecule has 2 bridgehead atoms. The summed E-state index contributed by atoms with van der Waals surface area (Å²) in [5, 5.41) is 16.6. The molecule has 0 aliphatic heterocycles. The number of hydrogen-bond donors (Lipinski definition) is 2. The van der Waals surface area contributed by atoms with Crippen LogP contribution >= 0.6 is 11.8 Å². The van der Waals surface area contributed by atoms with Crippen molar-refractivity contribution >= 4 is 23.4 Å². The fraction of sp³-hybridized carbons (Fsp3) is 0.722. The maximum Gasteiger partial charge on any atom is 0.325 e. The molecule has 0 aromatic carbocycles. The molecule has 1 aromatic heterocycles. The Balaban J connectivity index is 1.84. The van der Waals surface area contributed by atoms with Gasteiger partial charge in [-0.2, -0.15) is 5.10 Å². The van der Waals surface area contributed by atoms with Crippen LogP contribution in [0.5, 0.6) is 0 Å². The van der Waals surface area contributed by atoms with Gasteiger partial charge in [-0.25, -0.2) is 4.68 Å². The van der Waals surface area contributed by atoms with Gasteiger partial charge in [-0.15, -0.1) is 11.8 Å². The Labute approximate surface area is 152 Å². The molecule has 4 rings (SSSR count). The second-order valence-corrected chi connectivity index (χ2v) is 9.16. The van der Waals surface area contributed by atoms with Gasteiger partial charge in [0.2, 0.25) is 0 Å². The van der Waals surface area contributed by atoms with Crippen LogP contribution in [-0.4, -0.2) is 32.7 Å². The lowest BCUT2D eigenvalue weighted by molar-refractivity contribution is -0.138. The van der Waals surface area contributed by atoms with Gasteiger partial charge in [0.05, 0.1) is 16.8 Å². The second kappa shape index (κ2) is 6.67. The van der Waals surface area contributed by atoms with E-state index in [0.29, 0.717) is 28.2 Å². The Morgan fingerprint density at radius 2 is 2.20 bits per heavy atom. The molecule has 2 N–H and O–H groups in total. The maximum absolute atomic E-state index is 12.6. The Kier molecular flexibility index (Phi) is 4.88.